The number of hydrogen-bond acceptors (Lipinski definition) is 6. The first-order chi connectivity index (χ1) is 18.5. The number of carbonyl (C=O) groups is 2. The lowest BCUT2D eigenvalue weighted by atomic mass is 9.85. The van der Waals surface area contributed by atoms with Crippen LogP contribution in [0.3, 0.4) is 0 Å². The molecule has 0 heterocycles. The quantitative estimate of drug-likeness (QED) is 0.113. The number of rotatable bonds is 9. The van der Waals surface area contributed by atoms with Gasteiger partial charge in [-0.3, -0.25) is 4.79 Å². The SMILES string of the molecule is COc1ccc(/C=C/C(=O)Oc2ccc(/C=N\NC(=O)C(O)(c3ccccc3)c3ccccc3)cc2)cc1. The van der Waals surface area contributed by atoms with Gasteiger partial charge in [0, 0.05) is 6.08 Å². The van der Waals surface area contributed by atoms with Crippen LogP contribution < -0.4 is 14.9 Å². The Morgan fingerprint density at radius 1 is 0.763 bits per heavy atom. The van der Waals surface area contributed by atoms with Crippen molar-refractivity contribution < 1.29 is 24.2 Å². The van der Waals surface area contributed by atoms with E-state index in [9.17, 15) is 14.7 Å². The van der Waals surface area contributed by atoms with Crippen LogP contribution in [0.5, 0.6) is 11.5 Å². The van der Waals surface area contributed by atoms with Crippen molar-refractivity contribution in [2.45, 2.75) is 5.60 Å². The Morgan fingerprint density at radius 3 is 1.84 bits per heavy atom. The van der Waals surface area contributed by atoms with E-state index in [2.05, 4.69) is 10.5 Å². The van der Waals surface area contributed by atoms with Crippen molar-refractivity contribution in [1.82, 2.24) is 5.43 Å². The van der Waals surface area contributed by atoms with Gasteiger partial charge >= 0.3 is 5.97 Å². The number of amides is 1. The molecule has 4 aromatic rings. The molecule has 4 aromatic carbocycles. The zero-order valence-electron chi connectivity index (χ0n) is 20.7. The van der Waals surface area contributed by atoms with Crippen LogP contribution in [0.2, 0.25) is 0 Å². The van der Waals surface area contributed by atoms with E-state index in [1.807, 2.05) is 24.3 Å². The molecule has 0 bridgehead atoms. The second-order valence-corrected chi connectivity index (χ2v) is 8.24. The van der Waals surface area contributed by atoms with E-state index in [4.69, 9.17) is 9.47 Å². The monoisotopic (exact) mass is 506 g/mol. The molecule has 190 valence electrons. The van der Waals surface area contributed by atoms with Crippen LogP contribution in [0.25, 0.3) is 6.08 Å². The largest absolute Gasteiger partial charge is 0.497 e. The molecule has 0 aliphatic heterocycles. The fourth-order valence-corrected chi connectivity index (χ4v) is 3.69. The second-order valence-electron chi connectivity index (χ2n) is 8.24. The standard InChI is InChI=1S/C31H26N2O5/c1-37-27-17-12-23(13-18-27)16-21-29(34)38-28-19-14-24(15-20-28)22-32-33-30(35)31(36,25-8-4-2-5-9-25)26-10-6-3-7-11-26/h2-22,36H,1H3,(H,33,35)/b21-16+,32-22-. The summed E-state index contributed by atoms with van der Waals surface area (Å²) >= 11 is 0. The highest BCUT2D eigenvalue weighted by atomic mass is 16.5. The molecule has 7 nitrogen and oxygen atoms in total. The van der Waals surface area contributed by atoms with E-state index in [0.717, 1.165) is 11.3 Å². The fourth-order valence-electron chi connectivity index (χ4n) is 3.69. The maximum atomic E-state index is 13.1. The van der Waals surface area contributed by atoms with Gasteiger partial charge in [0.05, 0.1) is 13.3 Å². The predicted molar refractivity (Wildman–Crippen MR) is 146 cm³/mol. The Kier molecular flexibility index (Phi) is 8.43. The summed E-state index contributed by atoms with van der Waals surface area (Å²) in [5.74, 6) is -0.120. The summed E-state index contributed by atoms with van der Waals surface area (Å²) in [6.07, 6.45) is 4.42. The highest BCUT2D eigenvalue weighted by Gasteiger charge is 2.39. The summed E-state index contributed by atoms with van der Waals surface area (Å²) in [7, 11) is 1.59. The lowest BCUT2D eigenvalue weighted by molar-refractivity contribution is -0.136. The smallest absolute Gasteiger partial charge is 0.336 e. The van der Waals surface area contributed by atoms with E-state index >= 15 is 0 Å². The minimum Gasteiger partial charge on any atom is -0.497 e. The molecule has 0 fully saturated rings. The van der Waals surface area contributed by atoms with Gasteiger partial charge in [-0.25, -0.2) is 10.2 Å². The number of esters is 1. The minimum absolute atomic E-state index is 0.359. The van der Waals surface area contributed by atoms with Crippen LogP contribution in [0, 0.1) is 0 Å². The lowest BCUT2D eigenvalue weighted by Crippen LogP contribution is -2.43. The summed E-state index contributed by atoms with van der Waals surface area (Å²) in [5, 5.41) is 15.4. The van der Waals surface area contributed by atoms with Crippen molar-refractivity contribution in [1.29, 1.82) is 0 Å². The number of nitrogens with one attached hydrogen (secondary N) is 1. The molecule has 7 heteroatoms. The van der Waals surface area contributed by atoms with E-state index in [1.54, 1.807) is 98.1 Å². The van der Waals surface area contributed by atoms with Gasteiger partial charge in [-0.2, -0.15) is 5.10 Å². The number of carbonyl (C=O) groups excluding carboxylic acids is 2. The molecule has 2 N–H and O–H groups in total. The van der Waals surface area contributed by atoms with Crippen molar-refractivity contribution in [3.63, 3.8) is 0 Å². The van der Waals surface area contributed by atoms with E-state index in [1.165, 1.54) is 12.3 Å². The average molecular weight is 507 g/mol. The first-order valence-electron chi connectivity index (χ1n) is 11.8. The zero-order chi connectivity index (χ0) is 26.8. The summed E-state index contributed by atoms with van der Waals surface area (Å²) in [5.41, 5.74) is 2.85. The van der Waals surface area contributed by atoms with Crippen molar-refractivity contribution in [2.24, 2.45) is 5.10 Å². The third-order valence-electron chi connectivity index (χ3n) is 5.72. The highest BCUT2D eigenvalue weighted by Crippen LogP contribution is 2.29. The number of nitrogens with zero attached hydrogens (tertiary/aromatic N) is 1. The lowest BCUT2D eigenvalue weighted by Gasteiger charge is -2.27. The Labute approximate surface area is 220 Å². The van der Waals surface area contributed by atoms with Crippen LogP contribution in [0.4, 0.5) is 0 Å². The maximum Gasteiger partial charge on any atom is 0.336 e. The van der Waals surface area contributed by atoms with Crippen molar-refractivity contribution in [3.8, 4) is 11.5 Å². The van der Waals surface area contributed by atoms with Gasteiger partial charge in [0.1, 0.15) is 11.5 Å². The van der Waals surface area contributed by atoms with E-state index in [0.29, 0.717) is 22.4 Å². The van der Waals surface area contributed by atoms with Crippen molar-refractivity contribution in [3.05, 3.63) is 138 Å². The van der Waals surface area contributed by atoms with Gasteiger partial charge in [-0.05, 0) is 64.7 Å². The van der Waals surface area contributed by atoms with Crippen LogP contribution in [0.15, 0.2) is 120 Å². The van der Waals surface area contributed by atoms with Crippen LogP contribution in [0.1, 0.15) is 22.3 Å². The summed E-state index contributed by atoms with van der Waals surface area (Å²) < 4.78 is 10.4. The average Bonchev–Trinajstić information content (AvgIpc) is 2.97. The number of ether oxygens (including phenoxy) is 2. The van der Waals surface area contributed by atoms with Gasteiger partial charge in [0.15, 0.2) is 5.60 Å². The third kappa shape index (κ3) is 6.40. The van der Waals surface area contributed by atoms with Crippen LogP contribution >= 0.6 is 0 Å². The van der Waals surface area contributed by atoms with E-state index in [-0.39, 0.29) is 0 Å². The van der Waals surface area contributed by atoms with Gasteiger partial charge in [0.2, 0.25) is 0 Å². The Balaban J connectivity index is 1.37. The first kappa shape index (κ1) is 26.1. The number of methoxy groups -OCH3 is 1. The molecule has 38 heavy (non-hydrogen) atoms. The Bertz CT molecular complexity index is 1380. The van der Waals surface area contributed by atoms with Crippen LogP contribution in [-0.2, 0) is 15.2 Å². The third-order valence-corrected chi connectivity index (χ3v) is 5.72. The zero-order valence-corrected chi connectivity index (χ0v) is 20.7. The summed E-state index contributed by atoms with van der Waals surface area (Å²) in [6.45, 7) is 0. The van der Waals surface area contributed by atoms with Crippen molar-refractivity contribution >= 4 is 24.2 Å². The molecule has 0 aliphatic carbocycles. The highest BCUT2D eigenvalue weighted by molar-refractivity contribution is 5.91. The molecule has 0 saturated carbocycles. The molecular weight excluding hydrogens is 480 g/mol. The number of hydrazone groups is 1. The second kappa shape index (κ2) is 12.3. The van der Waals surface area contributed by atoms with E-state index < -0.39 is 17.5 Å². The molecule has 0 unspecified atom stereocenters. The predicted octanol–water partition coefficient (Wildman–Crippen LogP) is 4.70. The fraction of sp³-hybridized carbons (Fsp3) is 0.0645. The molecule has 0 aromatic heterocycles. The molecule has 4 rings (SSSR count). The molecule has 0 saturated heterocycles. The normalized spacial score (nSPS) is 11.4. The summed E-state index contributed by atoms with van der Waals surface area (Å²) in [4.78, 5) is 25.2. The van der Waals surface area contributed by atoms with Gasteiger partial charge in [-0.15, -0.1) is 0 Å². The first-order valence-corrected chi connectivity index (χ1v) is 11.8. The topological polar surface area (TPSA) is 97.2 Å². The van der Waals surface area contributed by atoms with Gasteiger partial charge in [0.25, 0.3) is 5.91 Å². The molecule has 0 spiro atoms. The minimum atomic E-state index is -1.92. The maximum absolute atomic E-state index is 13.1. The van der Waals surface area contributed by atoms with Crippen molar-refractivity contribution in [2.75, 3.05) is 7.11 Å². The van der Waals surface area contributed by atoms with Crippen LogP contribution in [-0.4, -0.2) is 30.3 Å². The summed E-state index contributed by atoms with van der Waals surface area (Å²) in [6, 6.07) is 31.2. The Hall–Kier alpha value is -5.01. The molecule has 0 aliphatic rings. The Morgan fingerprint density at radius 2 is 1.29 bits per heavy atom. The number of benzene rings is 4. The van der Waals surface area contributed by atoms with Gasteiger partial charge in [-0.1, -0.05) is 72.8 Å². The molecule has 0 atom stereocenters. The molecule has 1 amide bonds. The van der Waals surface area contributed by atoms with Gasteiger partial charge < -0.3 is 14.6 Å². The number of aliphatic hydroxyl groups is 1. The number of hydrogen-bond donors (Lipinski definition) is 2. The molecule has 0 radical (unpaired) electrons. The molecular formula is C31H26N2O5.